The molecule has 0 radical (unpaired) electrons. The van der Waals surface area contributed by atoms with Crippen molar-refractivity contribution < 1.29 is 4.74 Å². The van der Waals surface area contributed by atoms with Crippen molar-refractivity contribution in [1.29, 1.82) is 0 Å². The number of hydrogen-bond donors (Lipinski definition) is 1. The van der Waals surface area contributed by atoms with Crippen LogP contribution in [0.3, 0.4) is 0 Å². The summed E-state index contributed by atoms with van der Waals surface area (Å²) in [5, 5.41) is 3.23. The van der Waals surface area contributed by atoms with E-state index in [4.69, 9.17) is 4.74 Å². The summed E-state index contributed by atoms with van der Waals surface area (Å²) in [6, 6.07) is 6.62. The number of benzene rings is 1. The highest BCUT2D eigenvalue weighted by atomic mass is 79.9. The largest absolute Gasteiger partial charge is 0.383 e. The molecule has 3 heteroatoms. The Balaban J connectivity index is 2.88. The van der Waals surface area contributed by atoms with Crippen molar-refractivity contribution in [3.05, 3.63) is 33.8 Å². The van der Waals surface area contributed by atoms with Gasteiger partial charge in [-0.25, -0.2) is 0 Å². The molecule has 1 aromatic carbocycles. The van der Waals surface area contributed by atoms with E-state index in [9.17, 15) is 0 Å². The number of rotatable bonds is 4. The average molecular weight is 258 g/mol. The van der Waals surface area contributed by atoms with E-state index in [1.165, 1.54) is 11.1 Å². The molecule has 14 heavy (non-hydrogen) atoms. The molecule has 0 aliphatic carbocycles. The highest BCUT2D eigenvalue weighted by molar-refractivity contribution is 9.10. The maximum Gasteiger partial charge on any atom is 0.0657 e. The average Bonchev–Trinajstić information content (AvgIpc) is 2.19. The van der Waals surface area contributed by atoms with Gasteiger partial charge >= 0.3 is 0 Å². The first-order chi connectivity index (χ1) is 6.69. The third-order valence-corrected chi connectivity index (χ3v) is 3.16. The molecule has 0 aliphatic heterocycles. The van der Waals surface area contributed by atoms with Gasteiger partial charge in [-0.3, -0.25) is 0 Å². The minimum atomic E-state index is 0.270. The van der Waals surface area contributed by atoms with Gasteiger partial charge in [0, 0.05) is 11.6 Å². The van der Waals surface area contributed by atoms with E-state index in [2.05, 4.69) is 46.4 Å². The van der Waals surface area contributed by atoms with Crippen LogP contribution in [0.25, 0.3) is 0 Å². The summed E-state index contributed by atoms with van der Waals surface area (Å²) in [7, 11) is 3.66. The van der Waals surface area contributed by atoms with Gasteiger partial charge in [0.05, 0.1) is 12.6 Å². The maximum absolute atomic E-state index is 5.15. The molecule has 2 nitrogen and oxygen atoms in total. The van der Waals surface area contributed by atoms with Gasteiger partial charge in [0.2, 0.25) is 0 Å². The minimum Gasteiger partial charge on any atom is -0.383 e. The van der Waals surface area contributed by atoms with Gasteiger partial charge in [-0.1, -0.05) is 28.1 Å². The quantitative estimate of drug-likeness (QED) is 0.896. The van der Waals surface area contributed by atoms with E-state index >= 15 is 0 Å². The second-order valence-electron chi connectivity index (χ2n) is 3.31. The van der Waals surface area contributed by atoms with Crippen LogP contribution in [-0.4, -0.2) is 20.8 Å². The number of methoxy groups -OCH3 is 1. The normalized spacial score (nSPS) is 12.9. The minimum absolute atomic E-state index is 0.270. The van der Waals surface area contributed by atoms with Crippen LogP contribution in [-0.2, 0) is 4.74 Å². The molecule has 78 valence electrons. The predicted molar refractivity (Wildman–Crippen MR) is 62.6 cm³/mol. The standard InChI is InChI=1S/C11H16BrNO/c1-8-6-9(4-5-10(8)12)11(13-2)7-14-3/h4-6,11,13H,7H2,1-3H3. The Bertz CT molecular complexity index is 301. The first kappa shape index (κ1) is 11.7. The van der Waals surface area contributed by atoms with Crippen molar-refractivity contribution in [3.63, 3.8) is 0 Å². The predicted octanol–water partition coefficient (Wildman–Crippen LogP) is 2.66. The van der Waals surface area contributed by atoms with Crippen LogP contribution >= 0.6 is 15.9 Å². The summed E-state index contributed by atoms with van der Waals surface area (Å²) in [5.74, 6) is 0. The summed E-state index contributed by atoms with van der Waals surface area (Å²) in [6.07, 6.45) is 0. The Morgan fingerprint density at radius 1 is 1.50 bits per heavy atom. The summed E-state index contributed by atoms with van der Waals surface area (Å²) in [4.78, 5) is 0. The molecule has 0 heterocycles. The van der Waals surface area contributed by atoms with E-state index in [1.54, 1.807) is 7.11 Å². The molecule has 0 bridgehead atoms. The lowest BCUT2D eigenvalue weighted by Crippen LogP contribution is -2.21. The first-order valence-corrected chi connectivity index (χ1v) is 5.40. The lowest BCUT2D eigenvalue weighted by molar-refractivity contribution is 0.170. The Morgan fingerprint density at radius 2 is 2.21 bits per heavy atom. The molecule has 0 spiro atoms. The van der Waals surface area contributed by atoms with Crippen LogP contribution in [0.15, 0.2) is 22.7 Å². The first-order valence-electron chi connectivity index (χ1n) is 4.61. The number of ether oxygens (including phenoxy) is 1. The Morgan fingerprint density at radius 3 is 2.71 bits per heavy atom. The van der Waals surface area contributed by atoms with Gasteiger partial charge in [0.25, 0.3) is 0 Å². The lowest BCUT2D eigenvalue weighted by Gasteiger charge is -2.16. The zero-order valence-electron chi connectivity index (χ0n) is 8.80. The van der Waals surface area contributed by atoms with E-state index < -0.39 is 0 Å². The fourth-order valence-electron chi connectivity index (χ4n) is 1.40. The molecular formula is C11H16BrNO. The van der Waals surface area contributed by atoms with Crippen molar-refractivity contribution >= 4 is 15.9 Å². The molecule has 0 saturated heterocycles. The molecule has 0 aromatic heterocycles. The lowest BCUT2D eigenvalue weighted by atomic mass is 10.1. The molecule has 1 atom stereocenters. The second kappa shape index (κ2) is 5.49. The number of halogens is 1. The van der Waals surface area contributed by atoms with Crippen molar-refractivity contribution in [2.45, 2.75) is 13.0 Å². The van der Waals surface area contributed by atoms with Gasteiger partial charge < -0.3 is 10.1 Å². The maximum atomic E-state index is 5.15. The number of likely N-dealkylation sites (N-methyl/N-ethyl adjacent to an activating group) is 1. The van der Waals surface area contributed by atoms with E-state index in [1.807, 2.05) is 7.05 Å². The number of nitrogens with one attached hydrogen (secondary N) is 1. The van der Waals surface area contributed by atoms with E-state index in [0.717, 1.165) is 4.47 Å². The third kappa shape index (κ3) is 2.80. The molecule has 0 aliphatic rings. The summed E-state index contributed by atoms with van der Waals surface area (Å²) < 4.78 is 6.29. The Hall–Kier alpha value is -0.380. The van der Waals surface area contributed by atoms with Crippen LogP contribution in [0.1, 0.15) is 17.2 Å². The fourth-order valence-corrected chi connectivity index (χ4v) is 1.64. The highest BCUT2D eigenvalue weighted by Crippen LogP contribution is 2.21. The SMILES string of the molecule is CNC(COC)c1ccc(Br)c(C)c1. The zero-order valence-corrected chi connectivity index (χ0v) is 10.4. The zero-order chi connectivity index (χ0) is 10.6. The summed E-state index contributed by atoms with van der Waals surface area (Å²) >= 11 is 3.49. The van der Waals surface area contributed by atoms with Gasteiger partial charge in [-0.05, 0) is 31.2 Å². The molecule has 1 rings (SSSR count). The van der Waals surface area contributed by atoms with Crippen molar-refractivity contribution in [2.24, 2.45) is 0 Å². The van der Waals surface area contributed by atoms with Gasteiger partial charge in [-0.15, -0.1) is 0 Å². The van der Waals surface area contributed by atoms with Crippen molar-refractivity contribution in [1.82, 2.24) is 5.32 Å². The Kier molecular flexibility index (Phi) is 4.58. The number of aryl methyl sites for hydroxylation is 1. The van der Waals surface area contributed by atoms with Crippen molar-refractivity contribution in [3.8, 4) is 0 Å². The topological polar surface area (TPSA) is 21.3 Å². The van der Waals surface area contributed by atoms with Gasteiger partial charge in [0.15, 0.2) is 0 Å². The number of hydrogen-bond acceptors (Lipinski definition) is 2. The monoisotopic (exact) mass is 257 g/mol. The smallest absolute Gasteiger partial charge is 0.0657 e. The molecule has 0 amide bonds. The van der Waals surface area contributed by atoms with Gasteiger partial charge in [0.1, 0.15) is 0 Å². The molecular weight excluding hydrogens is 242 g/mol. The van der Waals surface area contributed by atoms with Crippen LogP contribution < -0.4 is 5.32 Å². The van der Waals surface area contributed by atoms with E-state index in [-0.39, 0.29) is 6.04 Å². The molecule has 1 N–H and O–H groups in total. The van der Waals surface area contributed by atoms with Crippen LogP contribution in [0, 0.1) is 6.92 Å². The van der Waals surface area contributed by atoms with Crippen LogP contribution in [0.2, 0.25) is 0 Å². The molecule has 1 aromatic rings. The molecule has 0 saturated carbocycles. The van der Waals surface area contributed by atoms with Gasteiger partial charge in [-0.2, -0.15) is 0 Å². The third-order valence-electron chi connectivity index (χ3n) is 2.27. The molecule has 0 fully saturated rings. The summed E-state index contributed by atoms with van der Waals surface area (Å²) in [5.41, 5.74) is 2.51. The Labute approximate surface area is 93.8 Å². The van der Waals surface area contributed by atoms with Crippen LogP contribution in [0.5, 0.6) is 0 Å². The summed E-state index contributed by atoms with van der Waals surface area (Å²) in [6.45, 7) is 2.78. The highest BCUT2D eigenvalue weighted by Gasteiger charge is 2.09. The molecule has 1 unspecified atom stereocenters. The van der Waals surface area contributed by atoms with Crippen molar-refractivity contribution in [2.75, 3.05) is 20.8 Å². The second-order valence-corrected chi connectivity index (χ2v) is 4.16. The van der Waals surface area contributed by atoms with E-state index in [0.29, 0.717) is 6.61 Å². The fraction of sp³-hybridized carbons (Fsp3) is 0.455. The van der Waals surface area contributed by atoms with Crippen LogP contribution in [0.4, 0.5) is 0 Å².